The molecule has 0 aliphatic heterocycles. The highest BCUT2D eigenvalue weighted by molar-refractivity contribution is 7.14. The molecule has 3 rings (SSSR count). The van der Waals surface area contributed by atoms with Crippen LogP contribution in [0.2, 0.25) is 5.02 Å². The minimum Gasteiger partial charge on any atom is -0.484 e. The van der Waals surface area contributed by atoms with Crippen molar-refractivity contribution in [3.05, 3.63) is 64.5 Å². The van der Waals surface area contributed by atoms with Gasteiger partial charge in [-0.2, -0.15) is 0 Å². The number of nitrogens with zero attached hydrogens (tertiary/aromatic N) is 1. The van der Waals surface area contributed by atoms with Crippen LogP contribution in [0.5, 0.6) is 5.75 Å². The Hall–Kier alpha value is -2.37. The molecule has 0 bridgehead atoms. The summed E-state index contributed by atoms with van der Waals surface area (Å²) >= 11 is 7.28. The van der Waals surface area contributed by atoms with Crippen molar-refractivity contribution in [1.82, 2.24) is 4.98 Å². The van der Waals surface area contributed by atoms with Crippen LogP contribution in [0, 0.1) is 0 Å². The third-order valence-corrected chi connectivity index (χ3v) is 5.33. The molecule has 1 amide bonds. The second-order valence-electron chi connectivity index (χ2n) is 6.26. The van der Waals surface area contributed by atoms with Crippen LogP contribution in [0.1, 0.15) is 31.7 Å². The second kappa shape index (κ2) is 9.02. The zero-order chi connectivity index (χ0) is 19.2. The van der Waals surface area contributed by atoms with Crippen molar-refractivity contribution in [3.63, 3.8) is 0 Å². The van der Waals surface area contributed by atoms with Gasteiger partial charge in [0.2, 0.25) is 0 Å². The number of hydrogen-bond acceptors (Lipinski definition) is 4. The Morgan fingerprint density at radius 1 is 1.19 bits per heavy atom. The topological polar surface area (TPSA) is 51.2 Å². The molecule has 4 nitrogen and oxygen atoms in total. The molecule has 0 unspecified atom stereocenters. The summed E-state index contributed by atoms with van der Waals surface area (Å²) in [6.45, 7) is 4.30. The monoisotopic (exact) mass is 400 g/mol. The van der Waals surface area contributed by atoms with Gasteiger partial charge in [-0.3, -0.25) is 10.1 Å². The number of halogens is 1. The summed E-state index contributed by atoms with van der Waals surface area (Å²) in [5.74, 6) is 0.957. The quantitative estimate of drug-likeness (QED) is 0.529. The van der Waals surface area contributed by atoms with Crippen LogP contribution < -0.4 is 10.1 Å². The maximum Gasteiger partial charge on any atom is 0.264 e. The zero-order valence-electron chi connectivity index (χ0n) is 15.2. The molecule has 0 spiro atoms. The van der Waals surface area contributed by atoms with E-state index in [2.05, 4.69) is 24.1 Å². The van der Waals surface area contributed by atoms with Crippen LogP contribution in [-0.4, -0.2) is 17.5 Å². The molecule has 0 saturated carbocycles. The van der Waals surface area contributed by atoms with Crippen LogP contribution >= 0.6 is 22.9 Å². The fourth-order valence-electron chi connectivity index (χ4n) is 2.52. The van der Waals surface area contributed by atoms with Gasteiger partial charge in [0.1, 0.15) is 5.75 Å². The van der Waals surface area contributed by atoms with Gasteiger partial charge in [0.25, 0.3) is 5.91 Å². The zero-order valence-corrected chi connectivity index (χ0v) is 16.8. The van der Waals surface area contributed by atoms with Crippen molar-refractivity contribution >= 4 is 34.0 Å². The molecule has 1 N–H and O–H groups in total. The van der Waals surface area contributed by atoms with Crippen LogP contribution in [-0.2, 0) is 4.79 Å². The first-order chi connectivity index (χ1) is 13.0. The summed E-state index contributed by atoms with van der Waals surface area (Å²) in [5.41, 5.74) is 3.02. The Kier molecular flexibility index (Phi) is 6.48. The molecule has 1 aromatic heterocycles. The first-order valence-corrected chi connectivity index (χ1v) is 10.0. The molecule has 2 aromatic carbocycles. The molecule has 140 valence electrons. The van der Waals surface area contributed by atoms with Crippen molar-refractivity contribution in [2.75, 3.05) is 11.9 Å². The van der Waals surface area contributed by atoms with Gasteiger partial charge in [0.05, 0.1) is 5.69 Å². The summed E-state index contributed by atoms with van der Waals surface area (Å²) in [6, 6.07) is 15.3. The van der Waals surface area contributed by atoms with Gasteiger partial charge in [-0.25, -0.2) is 4.98 Å². The standard InChI is InChI=1S/C21H21ClN2O2S/c1-3-14(2)15-6-10-18(11-7-15)26-12-20(25)24-21-23-19(13-27-21)16-4-8-17(22)9-5-16/h4-11,13-14H,3,12H2,1-2H3,(H,23,24,25)/t14-/m0/s1. The number of carbonyl (C=O) groups is 1. The van der Waals surface area contributed by atoms with E-state index in [1.54, 1.807) is 0 Å². The summed E-state index contributed by atoms with van der Waals surface area (Å²) in [4.78, 5) is 16.5. The number of hydrogen-bond donors (Lipinski definition) is 1. The van der Waals surface area contributed by atoms with E-state index < -0.39 is 0 Å². The number of carbonyl (C=O) groups excluding carboxylic acids is 1. The average molecular weight is 401 g/mol. The Morgan fingerprint density at radius 3 is 2.56 bits per heavy atom. The number of amides is 1. The Morgan fingerprint density at radius 2 is 1.89 bits per heavy atom. The number of nitrogens with one attached hydrogen (secondary N) is 1. The Balaban J connectivity index is 1.53. The van der Waals surface area contributed by atoms with Crippen molar-refractivity contribution < 1.29 is 9.53 Å². The fraction of sp³-hybridized carbons (Fsp3) is 0.238. The Labute approximate surface area is 168 Å². The Bertz CT molecular complexity index is 891. The van der Waals surface area contributed by atoms with E-state index in [0.29, 0.717) is 21.8 Å². The van der Waals surface area contributed by atoms with Crippen LogP contribution in [0.3, 0.4) is 0 Å². The third-order valence-electron chi connectivity index (χ3n) is 4.32. The minimum absolute atomic E-state index is 0.0570. The maximum absolute atomic E-state index is 12.1. The first-order valence-electron chi connectivity index (χ1n) is 8.79. The van der Waals surface area contributed by atoms with E-state index >= 15 is 0 Å². The lowest BCUT2D eigenvalue weighted by Crippen LogP contribution is -2.20. The number of anilines is 1. The number of thiazole rings is 1. The molecule has 0 fully saturated rings. The molecule has 1 atom stereocenters. The van der Waals surface area contributed by atoms with Gasteiger partial charge >= 0.3 is 0 Å². The lowest BCUT2D eigenvalue weighted by atomic mass is 9.99. The largest absolute Gasteiger partial charge is 0.484 e. The number of ether oxygens (including phenoxy) is 1. The molecule has 0 radical (unpaired) electrons. The smallest absolute Gasteiger partial charge is 0.264 e. The van der Waals surface area contributed by atoms with Crippen LogP contribution in [0.15, 0.2) is 53.9 Å². The van der Waals surface area contributed by atoms with E-state index in [9.17, 15) is 4.79 Å². The molecule has 0 aliphatic rings. The minimum atomic E-state index is -0.238. The van der Waals surface area contributed by atoms with E-state index in [4.69, 9.17) is 16.3 Å². The molecule has 0 aliphatic carbocycles. The van der Waals surface area contributed by atoms with Gasteiger partial charge in [-0.15, -0.1) is 11.3 Å². The van der Waals surface area contributed by atoms with Crippen molar-refractivity contribution in [2.45, 2.75) is 26.2 Å². The van der Waals surface area contributed by atoms with Gasteiger partial charge in [-0.05, 0) is 42.2 Å². The lowest BCUT2D eigenvalue weighted by Gasteiger charge is -2.10. The number of rotatable bonds is 7. The van der Waals surface area contributed by atoms with Gasteiger partial charge in [-0.1, -0.05) is 49.7 Å². The highest BCUT2D eigenvalue weighted by atomic mass is 35.5. The predicted molar refractivity (Wildman–Crippen MR) is 112 cm³/mol. The molecular weight excluding hydrogens is 380 g/mol. The van der Waals surface area contributed by atoms with Crippen molar-refractivity contribution in [3.8, 4) is 17.0 Å². The SMILES string of the molecule is CC[C@H](C)c1ccc(OCC(=O)Nc2nc(-c3ccc(Cl)cc3)cs2)cc1. The van der Waals surface area contributed by atoms with Crippen molar-refractivity contribution in [1.29, 1.82) is 0 Å². The average Bonchev–Trinajstić information content (AvgIpc) is 3.15. The molecule has 1 heterocycles. The molecule has 3 aromatic rings. The van der Waals surface area contributed by atoms with E-state index in [0.717, 1.165) is 17.7 Å². The molecular formula is C21H21ClN2O2S. The molecule has 0 saturated heterocycles. The predicted octanol–water partition coefficient (Wildman–Crippen LogP) is 5.99. The van der Waals surface area contributed by atoms with Gasteiger partial charge < -0.3 is 4.74 Å². The third kappa shape index (κ3) is 5.31. The van der Waals surface area contributed by atoms with E-state index in [1.165, 1.54) is 16.9 Å². The molecule has 6 heteroatoms. The number of benzene rings is 2. The normalized spacial score (nSPS) is 11.8. The lowest BCUT2D eigenvalue weighted by molar-refractivity contribution is -0.118. The van der Waals surface area contributed by atoms with Gasteiger partial charge in [0, 0.05) is 16.0 Å². The first kappa shape index (κ1) is 19.4. The summed E-state index contributed by atoms with van der Waals surface area (Å²) in [7, 11) is 0. The second-order valence-corrected chi connectivity index (χ2v) is 7.55. The van der Waals surface area contributed by atoms with Crippen LogP contribution in [0.4, 0.5) is 5.13 Å². The highest BCUT2D eigenvalue weighted by Crippen LogP contribution is 2.26. The van der Waals surface area contributed by atoms with E-state index in [1.807, 2.05) is 53.9 Å². The number of aromatic nitrogens is 1. The van der Waals surface area contributed by atoms with Crippen LogP contribution in [0.25, 0.3) is 11.3 Å². The summed E-state index contributed by atoms with van der Waals surface area (Å²) in [6.07, 6.45) is 1.09. The van der Waals surface area contributed by atoms with Crippen molar-refractivity contribution in [2.24, 2.45) is 0 Å². The van der Waals surface area contributed by atoms with Gasteiger partial charge in [0.15, 0.2) is 11.7 Å². The summed E-state index contributed by atoms with van der Waals surface area (Å²) < 4.78 is 5.56. The summed E-state index contributed by atoms with van der Waals surface area (Å²) in [5, 5.41) is 5.89. The molecule has 27 heavy (non-hydrogen) atoms. The maximum atomic E-state index is 12.1. The highest BCUT2D eigenvalue weighted by Gasteiger charge is 2.09. The fourth-order valence-corrected chi connectivity index (χ4v) is 3.38. The van der Waals surface area contributed by atoms with E-state index in [-0.39, 0.29) is 12.5 Å².